The number of carbonyl (C=O) groups is 2. The number of ether oxygens (including phenoxy) is 2. The molecule has 1 saturated heterocycles. The third-order valence-corrected chi connectivity index (χ3v) is 4.15. The van der Waals surface area contributed by atoms with E-state index in [9.17, 15) is 14.7 Å². The predicted molar refractivity (Wildman–Crippen MR) is 88.4 cm³/mol. The lowest BCUT2D eigenvalue weighted by atomic mass is 9.92. The van der Waals surface area contributed by atoms with Gasteiger partial charge in [-0.3, -0.25) is 0 Å². The molecular formula is C19H14O5. The van der Waals surface area contributed by atoms with Gasteiger partial charge in [0, 0.05) is 0 Å². The molecule has 1 fully saturated rings. The first-order chi connectivity index (χ1) is 11.7. The van der Waals surface area contributed by atoms with Gasteiger partial charge in [-0.15, -0.1) is 0 Å². The van der Waals surface area contributed by atoms with Gasteiger partial charge in [0.15, 0.2) is 0 Å². The first-order valence-corrected chi connectivity index (χ1v) is 7.62. The van der Waals surface area contributed by atoms with Crippen LogP contribution < -0.4 is 0 Å². The average Bonchev–Trinajstić information content (AvgIpc) is 3.41. The number of carboxylic acids is 1. The van der Waals surface area contributed by atoms with Gasteiger partial charge in [-0.25, -0.2) is 9.59 Å². The molecule has 4 rings (SSSR count). The standard InChI is InChI=1S/C19H14O5/c20-18(21)16-12-5-1-3-7-14(12)17(15-8-4-2-6-13(15)16)19(22)24-10-11-9-23-11/h1-8,11H,9-10H2,(H,20,21). The molecule has 1 N–H and O–H groups in total. The molecule has 0 spiro atoms. The number of fused-ring (bicyclic) bond motifs is 2. The highest BCUT2D eigenvalue weighted by Crippen LogP contribution is 2.33. The summed E-state index contributed by atoms with van der Waals surface area (Å²) in [7, 11) is 0. The van der Waals surface area contributed by atoms with E-state index >= 15 is 0 Å². The summed E-state index contributed by atoms with van der Waals surface area (Å²) < 4.78 is 10.4. The third kappa shape index (κ3) is 2.39. The van der Waals surface area contributed by atoms with E-state index in [-0.39, 0.29) is 18.3 Å². The Hall–Kier alpha value is -2.92. The quantitative estimate of drug-likeness (QED) is 0.453. The first-order valence-electron chi connectivity index (χ1n) is 7.62. The van der Waals surface area contributed by atoms with Crippen LogP contribution in [0, 0.1) is 0 Å². The Labute approximate surface area is 137 Å². The van der Waals surface area contributed by atoms with Gasteiger partial charge in [-0.05, 0) is 21.5 Å². The predicted octanol–water partition coefficient (Wildman–Crippen LogP) is 3.25. The number of hydrogen-bond acceptors (Lipinski definition) is 4. The minimum absolute atomic E-state index is 0.0234. The van der Waals surface area contributed by atoms with Crippen molar-refractivity contribution in [2.24, 2.45) is 0 Å². The van der Waals surface area contributed by atoms with E-state index < -0.39 is 11.9 Å². The van der Waals surface area contributed by atoms with Crippen LogP contribution in [0.15, 0.2) is 48.5 Å². The van der Waals surface area contributed by atoms with Crippen LogP contribution in [0.3, 0.4) is 0 Å². The third-order valence-electron chi connectivity index (χ3n) is 4.15. The van der Waals surface area contributed by atoms with E-state index in [0.717, 1.165) is 0 Å². The summed E-state index contributed by atoms with van der Waals surface area (Å²) in [6.45, 7) is 0.814. The van der Waals surface area contributed by atoms with Crippen molar-refractivity contribution in [2.45, 2.75) is 6.10 Å². The zero-order valence-corrected chi connectivity index (χ0v) is 12.7. The fraction of sp³-hybridized carbons (Fsp3) is 0.158. The molecule has 24 heavy (non-hydrogen) atoms. The van der Waals surface area contributed by atoms with Crippen LogP contribution in [-0.2, 0) is 9.47 Å². The summed E-state index contributed by atoms with van der Waals surface area (Å²) in [4.78, 5) is 24.5. The molecule has 1 atom stereocenters. The largest absolute Gasteiger partial charge is 0.478 e. The number of benzene rings is 3. The molecule has 5 nitrogen and oxygen atoms in total. The van der Waals surface area contributed by atoms with Crippen molar-refractivity contribution in [1.82, 2.24) is 0 Å². The van der Waals surface area contributed by atoms with Gasteiger partial charge in [-0.1, -0.05) is 48.5 Å². The fourth-order valence-electron chi connectivity index (χ4n) is 2.98. The Morgan fingerprint density at radius 3 is 1.83 bits per heavy atom. The van der Waals surface area contributed by atoms with Crippen LogP contribution in [0.5, 0.6) is 0 Å². The molecule has 1 unspecified atom stereocenters. The zero-order chi connectivity index (χ0) is 16.7. The van der Waals surface area contributed by atoms with Crippen molar-refractivity contribution in [2.75, 3.05) is 13.2 Å². The lowest BCUT2D eigenvalue weighted by molar-refractivity contribution is 0.0480. The van der Waals surface area contributed by atoms with Gasteiger partial charge in [-0.2, -0.15) is 0 Å². The number of carbonyl (C=O) groups excluding carboxylic acids is 1. The van der Waals surface area contributed by atoms with Crippen LogP contribution in [0.1, 0.15) is 20.7 Å². The van der Waals surface area contributed by atoms with E-state index in [1.807, 2.05) is 0 Å². The Kier molecular flexibility index (Phi) is 3.43. The van der Waals surface area contributed by atoms with Crippen molar-refractivity contribution in [3.63, 3.8) is 0 Å². The van der Waals surface area contributed by atoms with Crippen molar-refractivity contribution < 1.29 is 24.2 Å². The van der Waals surface area contributed by atoms with Gasteiger partial charge in [0.1, 0.15) is 12.7 Å². The molecule has 0 saturated carbocycles. The molecule has 0 aromatic heterocycles. The molecule has 3 aromatic rings. The van der Waals surface area contributed by atoms with E-state index in [2.05, 4.69) is 0 Å². The van der Waals surface area contributed by atoms with Crippen LogP contribution in [-0.4, -0.2) is 36.4 Å². The summed E-state index contributed by atoms with van der Waals surface area (Å²) in [5, 5.41) is 11.9. The SMILES string of the molecule is O=C(O)c1c2ccccc2c(C(=O)OCC2CO2)c2ccccc12. The number of carboxylic acid groups (broad SMARTS) is 1. The van der Waals surface area contributed by atoms with Crippen molar-refractivity contribution in [3.8, 4) is 0 Å². The van der Waals surface area contributed by atoms with E-state index in [0.29, 0.717) is 33.7 Å². The van der Waals surface area contributed by atoms with Crippen LogP contribution >= 0.6 is 0 Å². The highest BCUT2D eigenvalue weighted by Gasteiger charge is 2.27. The molecular weight excluding hydrogens is 308 g/mol. The van der Waals surface area contributed by atoms with Crippen molar-refractivity contribution >= 4 is 33.5 Å². The van der Waals surface area contributed by atoms with Gasteiger partial charge < -0.3 is 14.6 Å². The first kappa shape index (κ1) is 14.7. The fourth-order valence-corrected chi connectivity index (χ4v) is 2.98. The van der Waals surface area contributed by atoms with E-state index in [1.54, 1.807) is 48.5 Å². The Morgan fingerprint density at radius 2 is 1.42 bits per heavy atom. The van der Waals surface area contributed by atoms with Crippen LogP contribution in [0.25, 0.3) is 21.5 Å². The highest BCUT2D eigenvalue weighted by molar-refractivity contribution is 6.24. The maximum Gasteiger partial charge on any atom is 0.339 e. The number of epoxide rings is 1. The second-order valence-corrected chi connectivity index (χ2v) is 5.70. The summed E-state index contributed by atoms with van der Waals surface area (Å²) in [5.74, 6) is -1.48. The summed E-state index contributed by atoms with van der Waals surface area (Å²) in [6.07, 6.45) is -0.0234. The second-order valence-electron chi connectivity index (χ2n) is 5.70. The maximum atomic E-state index is 12.7. The van der Waals surface area contributed by atoms with Crippen LogP contribution in [0.4, 0.5) is 0 Å². The lowest BCUT2D eigenvalue weighted by Crippen LogP contribution is -2.12. The molecule has 1 aliphatic heterocycles. The molecule has 3 aromatic carbocycles. The molecule has 1 heterocycles. The summed E-state index contributed by atoms with van der Waals surface area (Å²) >= 11 is 0. The molecule has 0 aliphatic carbocycles. The molecule has 0 bridgehead atoms. The van der Waals surface area contributed by atoms with Crippen molar-refractivity contribution in [1.29, 1.82) is 0 Å². The summed E-state index contributed by atoms with van der Waals surface area (Å²) in [5.41, 5.74) is 0.593. The van der Waals surface area contributed by atoms with Gasteiger partial charge in [0.25, 0.3) is 0 Å². The second kappa shape index (κ2) is 5.62. The van der Waals surface area contributed by atoms with Crippen molar-refractivity contribution in [3.05, 3.63) is 59.7 Å². The maximum absolute atomic E-state index is 12.7. The van der Waals surface area contributed by atoms with Gasteiger partial charge in [0.05, 0.1) is 17.7 Å². The molecule has 120 valence electrons. The number of aromatic carboxylic acids is 1. The van der Waals surface area contributed by atoms with Crippen LogP contribution in [0.2, 0.25) is 0 Å². The Bertz CT molecular complexity index is 915. The van der Waals surface area contributed by atoms with E-state index in [4.69, 9.17) is 9.47 Å². The highest BCUT2D eigenvalue weighted by atomic mass is 16.6. The monoisotopic (exact) mass is 322 g/mol. The van der Waals surface area contributed by atoms with E-state index in [1.165, 1.54) is 0 Å². The number of esters is 1. The van der Waals surface area contributed by atoms with Gasteiger partial charge >= 0.3 is 11.9 Å². The number of hydrogen-bond donors (Lipinski definition) is 1. The average molecular weight is 322 g/mol. The minimum Gasteiger partial charge on any atom is -0.478 e. The molecule has 5 heteroatoms. The molecule has 0 radical (unpaired) electrons. The molecule has 0 amide bonds. The normalized spacial score (nSPS) is 16.2. The number of rotatable bonds is 4. The Morgan fingerprint density at radius 1 is 0.958 bits per heavy atom. The zero-order valence-electron chi connectivity index (χ0n) is 12.7. The topological polar surface area (TPSA) is 76.1 Å². The Balaban J connectivity index is 2.01. The summed E-state index contributed by atoms with van der Waals surface area (Å²) in [6, 6.07) is 14.0. The van der Waals surface area contributed by atoms with Gasteiger partial charge in [0.2, 0.25) is 0 Å². The lowest BCUT2D eigenvalue weighted by Gasteiger charge is -2.14. The smallest absolute Gasteiger partial charge is 0.339 e. The minimum atomic E-state index is -1.02. The molecule has 1 aliphatic rings.